The van der Waals surface area contributed by atoms with E-state index in [2.05, 4.69) is 27.5 Å². The number of methoxy groups -OCH3 is 1. The van der Waals surface area contributed by atoms with Crippen LogP contribution in [0.4, 0.5) is 0 Å². The minimum atomic E-state index is -0.184. The molecule has 1 amide bonds. The lowest BCUT2D eigenvalue weighted by molar-refractivity contribution is 0.0916. The van der Waals surface area contributed by atoms with E-state index in [9.17, 15) is 4.79 Å². The second-order valence-electron chi connectivity index (χ2n) is 6.79. The average molecular weight is 357 g/mol. The number of likely N-dealkylation sites (tertiary alicyclic amines) is 1. The maximum absolute atomic E-state index is 12.0. The first-order valence-electron chi connectivity index (χ1n) is 9.29. The average Bonchev–Trinajstić information content (AvgIpc) is 3.17. The Morgan fingerprint density at radius 1 is 1.38 bits per heavy atom. The van der Waals surface area contributed by atoms with Gasteiger partial charge in [0.05, 0.1) is 12.8 Å². The van der Waals surface area contributed by atoms with Crippen LogP contribution in [0.1, 0.15) is 53.9 Å². The predicted molar refractivity (Wildman–Crippen MR) is 99.4 cm³/mol. The third kappa shape index (κ3) is 4.64. The number of hydrogen-bond donors (Lipinski definition) is 1. The maximum atomic E-state index is 12.0. The summed E-state index contributed by atoms with van der Waals surface area (Å²) in [6, 6.07) is 10.0. The molecule has 3 rings (SSSR count). The summed E-state index contributed by atoms with van der Waals surface area (Å²) in [6.45, 7) is 5.57. The molecule has 1 aromatic heterocycles. The van der Waals surface area contributed by atoms with Crippen molar-refractivity contribution < 1.29 is 14.1 Å². The first-order chi connectivity index (χ1) is 12.7. The summed E-state index contributed by atoms with van der Waals surface area (Å²) in [4.78, 5) is 14.4. The van der Waals surface area contributed by atoms with Gasteiger partial charge in [0.15, 0.2) is 0 Å². The van der Waals surface area contributed by atoms with E-state index in [1.165, 1.54) is 5.56 Å². The van der Waals surface area contributed by atoms with Gasteiger partial charge in [0, 0.05) is 31.6 Å². The monoisotopic (exact) mass is 357 g/mol. The van der Waals surface area contributed by atoms with Crippen molar-refractivity contribution in [3.05, 3.63) is 47.3 Å². The molecule has 0 aliphatic carbocycles. The van der Waals surface area contributed by atoms with Gasteiger partial charge in [-0.3, -0.25) is 9.69 Å². The van der Waals surface area contributed by atoms with Gasteiger partial charge in [-0.2, -0.15) is 0 Å². The molecule has 2 aromatic rings. The molecule has 1 saturated heterocycles. The molecule has 0 spiro atoms. The molecule has 0 bridgehead atoms. The second-order valence-corrected chi connectivity index (χ2v) is 6.79. The van der Waals surface area contributed by atoms with E-state index in [0.717, 1.165) is 50.3 Å². The van der Waals surface area contributed by atoms with Crippen LogP contribution < -0.4 is 10.1 Å². The Balaban J connectivity index is 1.59. The van der Waals surface area contributed by atoms with E-state index in [1.54, 1.807) is 13.2 Å². The molecule has 6 nitrogen and oxygen atoms in total. The van der Waals surface area contributed by atoms with Crippen molar-refractivity contribution in [1.82, 2.24) is 15.4 Å². The van der Waals surface area contributed by atoms with E-state index in [4.69, 9.17) is 9.26 Å². The van der Waals surface area contributed by atoms with Gasteiger partial charge in [0.1, 0.15) is 5.75 Å². The molecule has 0 radical (unpaired) electrons. The number of amides is 1. The molecule has 1 aromatic carbocycles. The van der Waals surface area contributed by atoms with Crippen molar-refractivity contribution in [2.24, 2.45) is 0 Å². The number of carbonyl (C=O) groups is 1. The van der Waals surface area contributed by atoms with Gasteiger partial charge in [-0.15, -0.1) is 0 Å². The highest BCUT2D eigenvalue weighted by atomic mass is 16.5. The van der Waals surface area contributed by atoms with E-state index < -0.39 is 0 Å². The lowest BCUT2D eigenvalue weighted by Crippen LogP contribution is -2.34. The van der Waals surface area contributed by atoms with Crippen molar-refractivity contribution >= 4 is 5.91 Å². The van der Waals surface area contributed by atoms with Crippen molar-refractivity contribution in [1.29, 1.82) is 0 Å². The van der Waals surface area contributed by atoms with E-state index in [-0.39, 0.29) is 5.91 Å². The lowest BCUT2D eigenvalue weighted by Gasteiger charge is -2.31. The van der Waals surface area contributed by atoms with Crippen LogP contribution >= 0.6 is 0 Å². The standard InChI is InChI=1S/C20H27N3O3/c1-3-10-21-20(24)19-12-18(22-26-19)16-5-4-11-23(14-16)13-15-6-8-17(25-2)9-7-15/h6-9,12,16H,3-5,10-11,13-14H2,1-2H3,(H,21,24)/t16-/m1/s1. The number of hydrogen-bond acceptors (Lipinski definition) is 5. The quantitative estimate of drug-likeness (QED) is 0.824. The normalized spacial score (nSPS) is 17.8. The van der Waals surface area contributed by atoms with Crippen LogP contribution in [0.25, 0.3) is 0 Å². The van der Waals surface area contributed by atoms with Crippen LogP contribution in [0.3, 0.4) is 0 Å². The summed E-state index contributed by atoms with van der Waals surface area (Å²) < 4.78 is 10.5. The highest BCUT2D eigenvalue weighted by molar-refractivity contribution is 5.91. The summed E-state index contributed by atoms with van der Waals surface area (Å²) in [7, 11) is 1.68. The third-order valence-corrected chi connectivity index (χ3v) is 4.78. The number of piperidine rings is 1. The predicted octanol–water partition coefficient (Wildman–Crippen LogP) is 3.20. The Hall–Kier alpha value is -2.34. The van der Waals surface area contributed by atoms with Gasteiger partial charge >= 0.3 is 0 Å². The van der Waals surface area contributed by atoms with Gasteiger partial charge < -0.3 is 14.6 Å². The van der Waals surface area contributed by atoms with Crippen LogP contribution in [0, 0.1) is 0 Å². The molecular weight excluding hydrogens is 330 g/mol. The van der Waals surface area contributed by atoms with Gasteiger partial charge in [0.2, 0.25) is 5.76 Å². The van der Waals surface area contributed by atoms with Gasteiger partial charge in [-0.25, -0.2) is 0 Å². The fourth-order valence-corrected chi connectivity index (χ4v) is 3.34. The molecule has 0 saturated carbocycles. The van der Waals surface area contributed by atoms with E-state index in [1.807, 2.05) is 19.1 Å². The summed E-state index contributed by atoms with van der Waals surface area (Å²) in [5, 5.41) is 6.98. The molecule has 1 fully saturated rings. The van der Waals surface area contributed by atoms with Crippen molar-refractivity contribution in [2.45, 2.75) is 38.6 Å². The molecule has 2 heterocycles. The summed E-state index contributed by atoms with van der Waals surface area (Å²) in [5.41, 5.74) is 2.15. The molecular formula is C20H27N3O3. The number of carbonyl (C=O) groups excluding carboxylic acids is 1. The first-order valence-corrected chi connectivity index (χ1v) is 9.29. The Morgan fingerprint density at radius 3 is 2.92 bits per heavy atom. The molecule has 0 unspecified atom stereocenters. The van der Waals surface area contributed by atoms with Crippen LogP contribution in [0.2, 0.25) is 0 Å². The fraction of sp³-hybridized carbons (Fsp3) is 0.500. The Kier molecular flexibility index (Phi) is 6.28. The smallest absolute Gasteiger partial charge is 0.289 e. The number of nitrogens with zero attached hydrogens (tertiary/aromatic N) is 2. The molecule has 1 atom stereocenters. The van der Waals surface area contributed by atoms with Crippen LogP contribution in [0.15, 0.2) is 34.9 Å². The lowest BCUT2D eigenvalue weighted by atomic mass is 9.94. The van der Waals surface area contributed by atoms with Gasteiger partial charge in [-0.1, -0.05) is 24.2 Å². The van der Waals surface area contributed by atoms with Gasteiger partial charge in [-0.05, 0) is 43.5 Å². The summed E-state index contributed by atoms with van der Waals surface area (Å²) in [6.07, 6.45) is 3.09. The Bertz CT molecular complexity index is 711. The zero-order valence-electron chi connectivity index (χ0n) is 15.5. The van der Waals surface area contributed by atoms with Gasteiger partial charge in [0.25, 0.3) is 5.91 Å². The topological polar surface area (TPSA) is 67.6 Å². The maximum Gasteiger partial charge on any atom is 0.289 e. The van der Waals surface area contributed by atoms with Crippen molar-refractivity contribution in [3.8, 4) is 5.75 Å². The van der Waals surface area contributed by atoms with E-state index >= 15 is 0 Å². The highest BCUT2D eigenvalue weighted by Crippen LogP contribution is 2.27. The Morgan fingerprint density at radius 2 is 2.19 bits per heavy atom. The Labute approximate surface area is 154 Å². The minimum absolute atomic E-state index is 0.184. The fourth-order valence-electron chi connectivity index (χ4n) is 3.34. The third-order valence-electron chi connectivity index (χ3n) is 4.78. The zero-order valence-corrected chi connectivity index (χ0v) is 15.5. The molecule has 26 heavy (non-hydrogen) atoms. The SMILES string of the molecule is CCCNC(=O)c1cc([C@@H]2CCCN(Cc3ccc(OC)cc3)C2)no1. The highest BCUT2D eigenvalue weighted by Gasteiger charge is 2.25. The number of ether oxygens (including phenoxy) is 1. The number of nitrogens with one attached hydrogen (secondary N) is 1. The second kappa shape index (κ2) is 8.85. The van der Waals surface area contributed by atoms with Crippen LogP contribution in [0.5, 0.6) is 5.75 Å². The molecule has 140 valence electrons. The number of rotatable bonds is 7. The van der Waals surface area contributed by atoms with Crippen LogP contribution in [-0.2, 0) is 6.54 Å². The molecule has 6 heteroatoms. The largest absolute Gasteiger partial charge is 0.497 e. The van der Waals surface area contributed by atoms with E-state index in [0.29, 0.717) is 18.2 Å². The van der Waals surface area contributed by atoms with Crippen molar-refractivity contribution in [2.75, 3.05) is 26.7 Å². The molecule has 1 N–H and O–H groups in total. The minimum Gasteiger partial charge on any atom is -0.497 e. The molecule has 1 aliphatic heterocycles. The summed E-state index contributed by atoms with van der Waals surface area (Å²) >= 11 is 0. The zero-order chi connectivity index (χ0) is 18.4. The van der Waals surface area contributed by atoms with Crippen molar-refractivity contribution in [3.63, 3.8) is 0 Å². The molecule has 1 aliphatic rings. The summed E-state index contributed by atoms with van der Waals surface area (Å²) in [5.74, 6) is 1.30. The van der Waals surface area contributed by atoms with Crippen LogP contribution in [-0.4, -0.2) is 42.7 Å². The number of benzene rings is 1. The first kappa shape index (κ1) is 18.5. The number of aromatic nitrogens is 1.